The molecule has 0 bridgehead atoms. The van der Waals surface area contributed by atoms with E-state index in [0.29, 0.717) is 6.42 Å². The summed E-state index contributed by atoms with van der Waals surface area (Å²) in [5.41, 5.74) is 0. The van der Waals surface area contributed by atoms with Crippen LogP contribution in [0.4, 0.5) is 0 Å². The fourth-order valence-electron chi connectivity index (χ4n) is 2.31. The van der Waals surface area contributed by atoms with E-state index in [1.807, 2.05) is 6.92 Å². The first kappa shape index (κ1) is 14.1. The van der Waals surface area contributed by atoms with Crippen LogP contribution in [-0.4, -0.2) is 38.9 Å². The molecular formula is C12H20O5. The van der Waals surface area contributed by atoms with Crippen LogP contribution in [0.5, 0.6) is 0 Å². The molecule has 5 heteroatoms. The Morgan fingerprint density at radius 3 is 2.47 bits per heavy atom. The Hall–Kier alpha value is -0.940. The quantitative estimate of drug-likeness (QED) is 0.515. The maximum Gasteiger partial charge on any atom is 0.309 e. The zero-order chi connectivity index (χ0) is 13.0. The molecule has 5 nitrogen and oxygen atoms in total. The van der Waals surface area contributed by atoms with E-state index >= 15 is 0 Å². The average molecular weight is 244 g/mol. The van der Waals surface area contributed by atoms with Crippen molar-refractivity contribution in [3.8, 4) is 0 Å². The minimum Gasteiger partial charge on any atom is -0.469 e. The van der Waals surface area contributed by atoms with E-state index in [-0.39, 0.29) is 42.4 Å². The molecule has 1 aliphatic rings. The fraction of sp³-hybridized carbons (Fsp3) is 0.833. The number of ether oxygens (including phenoxy) is 3. The van der Waals surface area contributed by atoms with E-state index in [2.05, 4.69) is 0 Å². The number of esters is 1. The Morgan fingerprint density at radius 2 is 2.00 bits per heavy atom. The number of hydrogen-bond acceptors (Lipinski definition) is 5. The average Bonchev–Trinajstić information content (AvgIpc) is 2.27. The predicted molar refractivity (Wildman–Crippen MR) is 60.2 cm³/mol. The van der Waals surface area contributed by atoms with Crippen LogP contribution in [0.15, 0.2) is 0 Å². The number of carbonyl (C=O) groups excluding carboxylic acids is 2. The van der Waals surface area contributed by atoms with Crippen LogP contribution < -0.4 is 0 Å². The first-order valence-electron chi connectivity index (χ1n) is 5.71. The van der Waals surface area contributed by atoms with Gasteiger partial charge in [-0.3, -0.25) is 9.59 Å². The smallest absolute Gasteiger partial charge is 0.309 e. The minimum atomic E-state index is -0.264. The van der Waals surface area contributed by atoms with E-state index in [1.165, 1.54) is 14.0 Å². The monoisotopic (exact) mass is 244 g/mol. The van der Waals surface area contributed by atoms with Crippen LogP contribution in [0.2, 0.25) is 0 Å². The zero-order valence-electron chi connectivity index (χ0n) is 10.8. The summed E-state index contributed by atoms with van der Waals surface area (Å²) in [6.45, 7) is 3.54. The Balaban J connectivity index is 2.65. The highest BCUT2D eigenvalue weighted by Gasteiger charge is 2.50. The Morgan fingerprint density at radius 1 is 1.35 bits per heavy atom. The van der Waals surface area contributed by atoms with Crippen molar-refractivity contribution in [1.82, 2.24) is 0 Å². The third-order valence-electron chi connectivity index (χ3n) is 3.50. The summed E-state index contributed by atoms with van der Waals surface area (Å²) in [5, 5.41) is 0. The maximum absolute atomic E-state index is 11.5. The standard InChI is InChI=1S/C12H20O5/c1-7(8(2)13)11-9(12(14)16-4)5-10(11)17-6-15-3/h7,9-11H,5-6H2,1-4H3/t7-,9-,10-,11+/m1/s1. The summed E-state index contributed by atoms with van der Waals surface area (Å²) < 4.78 is 15.0. The normalized spacial score (nSPS) is 29.3. The van der Waals surface area contributed by atoms with Gasteiger partial charge in [-0.15, -0.1) is 0 Å². The van der Waals surface area contributed by atoms with Gasteiger partial charge in [-0.2, -0.15) is 0 Å². The highest BCUT2D eigenvalue weighted by atomic mass is 16.7. The van der Waals surface area contributed by atoms with Gasteiger partial charge in [0, 0.05) is 18.9 Å². The van der Waals surface area contributed by atoms with Gasteiger partial charge < -0.3 is 14.2 Å². The molecule has 0 aliphatic heterocycles. The van der Waals surface area contributed by atoms with Gasteiger partial charge in [0.1, 0.15) is 12.6 Å². The van der Waals surface area contributed by atoms with Crippen LogP contribution in [0.3, 0.4) is 0 Å². The molecule has 17 heavy (non-hydrogen) atoms. The van der Waals surface area contributed by atoms with Crippen molar-refractivity contribution in [2.45, 2.75) is 26.4 Å². The molecule has 0 spiro atoms. The fourth-order valence-corrected chi connectivity index (χ4v) is 2.31. The number of ketones is 1. The van der Waals surface area contributed by atoms with E-state index in [4.69, 9.17) is 14.2 Å². The molecule has 0 N–H and O–H groups in total. The molecule has 0 aromatic heterocycles. The van der Waals surface area contributed by atoms with Crippen molar-refractivity contribution in [2.24, 2.45) is 17.8 Å². The Kier molecular flexibility index (Phi) is 5.08. The molecule has 0 amide bonds. The first-order valence-corrected chi connectivity index (χ1v) is 5.71. The number of Topliss-reactive ketones (excluding diaryl/α,β-unsaturated/α-hetero) is 1. The topological polar surface area (TPSA) is 61.8 Å². The molecule has 0 aromatic carbocycles. The minimum absolute atomic E-state index is 0.0645. The summed E-state index contributed by atoms with van der Waals surface area (Å²) in [7, 11) is 2.90. The summed E-state index contributed by atoms with van der Waals surface area (Å²) in [5.74, 6) is -0.736. The maximum atomic E-state index is 11.5. The molecule has 1 saturated carbocycles. The zero-order valence-corrected chi connectivity index (χ0v) is 10.8. The lowest BCUT2D eigenvalue weighted by Crippen LogP contribution is -2.52. The van der Waals surface area contributed by atoms with Gasteiger partial charge in [-0.1, -0.05) is 6.92 Å². The third kappa shape index (κ3) is 3.04. The molecule has 0 heterocycles. The van der Waals surface area contributed by atoms with Gasteiger partial charge in [0.2, 0.25) is 0 Å². The molecule has 1 aliphatic carbocycles. The molecule has 98 valence electrons. The van der Waals surface area contributed by atoms with Crippen LogP contribution in [0, 0.1) is 17.8 Å². The second-order valence-electron chi connectivity index (χ2n) is 4.45. The molecule has 1 rings (SSSR count). The summed E-state index contributed by atoms with van der Waals surface area (Å²) in [6.07, 6.45) is 0.496. The van der Waals surface area contributed by atoms with Crippen molar-refractivity contribution in [3.05, 3.63) is 0 Å². The summed E-state index contributed by atoms with van der Waals surface area (Å²) in [4.78, 5) is 22.9. The number of methoxy groups -OCH3 is 2. The van der Waals surface area contributed by atoms with E-state index in [9.17, 15) is 9.59 Å². The Bertz CT molecular complexity index is 289. The van der Waals surface area contributed by atoms with Gasteiger partial charge in [-0.05, 0) is 13.3 Å². The number of carbonyl (C=O) groups is 2. The highest BCUT2D eigenvalue weighted by Crippen LogP contribution is 2.43. The summed E-state index contributed by atoms with van der Waals surface area (Å²) >= 11 is 0. The van der Waals surface area contributed by atoms with Crippen molar-refractivity contribution < 1.29 is 23.8 Å². The van der Waals surface area contributed by atoms with Crippen LogP contribution >= 0.6 is 0 Å². The molecular weight excluding hydrogens is 224 g/mol. The largest absolute Gasteiger partial charge is 0.469 e. The molecule has 4 atom stereocenters. The highest BCUT2D eigenvalue weighted by molar-refractivity contribution is 5.81. The second kappa shape index (κ2) is 6.12. The van der Waals surface area contributed by atoms with Gasteiger partial charge >= 0.3 is 5.97 Å². The van der Waals surface area contributed by atoms with Crippen LogP contribution in [0.1, 0.15) is 20.3 Å². The third-order valence-corrected chi connectivity index (χ3v) is 3.50. The first-order chi connectivity index (χ1) is 8.02. The lowest BCUT2D eigenvalue weighted by Gasteiger charge is -2.44. The van der Waals surface area contributed by atoms with Gasteiger partial charge in [-0.25, -0.2) is 0 Å². The van der Waals surface area contributed by atoms with Crippen molar-refractivity contribution >= 4 is 11.8 Å². The molecule has 0 saturated heterocycles. The van der Waals surface area contributed by atoms with Gasteiger partial charge in [0.25, 0.3) is 0 Å². The lowest BCUT2D eigenvalue weighted by atomic mass is 9.64. The summed E-state index contributed by atoms with van der Waals surface area (Å²) in [6, 6.07) is 0. The number of rotatable bonds is 6. The lowest BCUT2D eigenvalue weighted by molar-refractivity contribution is -0.185. The van der Waals surface area contributed by atoms with E-state index < -0.39 is 0 Å². The van der Waals surface area contributed by atoms with Crippen LogP contribution in [0.25, 0.3) is 0 Å². The molecule has 0 unspecified atom stereocenters. The van der Waals surface area contributed by atoms with Gasteiger partial charge in [0.05, 0.1) is 19.1 Å². The van der Waals surface area contributed by atoms with E-state index in [1.54, 1.807) is 7.11 Å². The number of hydrogen-bond donors (Lipinski definition) is 0. The Labute approximate surface area is 101 Å². The van der Waals surface area contributed by atoms with Crippen LogP contribution in [-0.2, 0) is 23.8 Å². The van der Waals surface area contributed by atoms with Crippen molar-refractivity contribution in [1.29, 1.82) is 0 Å². The van der Waals surface area contributed by atoms with Gasteiger partial charge in [0.15, 0.2) is 0 Å². The molecule has 0 aromatic rings. The predicted octanol–water partition coefficient (Wildman–Crippen LogP) is 1.01. The van der Waals surface area contributed by atoms with E-state index in [0.717, 1.165) is 0 Å². The van der Waals surface area contributed by atoms with Crippen molar-refractivity contribution in [2.75, 3.05) is 21.0 Å². The molecule has 1 fully saturated rings. The second-order valence-corrected chi connectivity index (χ2v) is 4.45. The molecule has 0 radical (unpaired) electrons. The van der Waals surface area contributed by atoms with Crippen molar-refractivity contribution in [3.63, 3.8) is 0 Å². The SMILES string of the molecule is COCO[C@@H]1C[C@@H](C(=O)OC)[C@@H]1[C@H](C)C(C)=O.